The Morgan fingerprint density at radius 2 is 1.12 bits per heavy atom. The van der Waals surface area contributed by atoms with Crippen LogP contribution in [0.4, 0.5) is 0 Å². The second kappa shape index (κ2) is 9.67. The predicted octanol–water partition coefficient (Wildman–Crippen LogP) is 6.14. The smallest absolute Gasteiger partial charge is 0.193 e. The second-order valence-corrected chi connectivity index (χ2v) is 8.71. The Morgan fingerprint density at radius 3 is 1.62 bits per heavy atom. The third-order valence-electron chi connectivity index (χ3n) is 5.33. The van der Waals surface area contributed by atoms with Crippen molar-refractivity contribution in [2.45, 2.75) is 19.8 Å². The summed E-state index contributed by atoms with van der Waals surface area (Å²) in [6.45, 7) is 1.99. The molecule has 32 heavy (non-hydrogen) atoms. The molecule has 0 atom stereocenters. The molecule has 3 nitrogen and oxygen atoms in total. The maximum Gasteiger partial charge on any atom is 0.193 e. The van der Waals surface area contributed by atoms with Gasteiger partial charge in [0.25, 0.3) is 0 Å². The first-order valence-electron chi connectivity index (χ1n) is 10.4. The Morgan fingerprint density at radius 1 is 0.625 bits per heavy atom. The van der Waals surface area contributed by atoms with Gasteiger partial charge in [0.05, 0.1) is 4.88 Å². The summed E-state index contributed by atoms with van der Waals surface area (Å²) in [5, 5.41) is 1.89. The number of carbonyl (C=O) groups excluding carboxylic acids is 3. The SMILES string of the molecule is Cc1ccc(C(=O)Cc2ccc(C(=O)c3ccc(CC(=O)c4cccs4)cc3)cc2)cc1. The number of ketones is 3. The summed E-state index contributed by atoms with van der Waals surface area (Å²) in [7, 11) is 0. The summed E-state index contributed by atoms with van der Waals surface area (Å²) in [6, 6.07) is 25.6. The molecular formula is C28H22O3S. The third kappa shape index (κ3) is 5.16. The minimum absolute atomic E-state index is 0.0526. The monoisotopic (exact) mass is 438 g/mol. The zero-order chi connectivity index (χ0) is 22.5. The summed E-state index contributed by atoms with van der Waals surface area (Å²) in [4.78, 5) is 38.3. The van der Waals surface area contributed by atoms with Crippen molar-refractivity contribution in [3.05, 3.63) is 129 Å². The summed E-state index contributed by atoms with van der Waals surface area (Å²) in [5.41, 5.74) is 4.69. The van der Waals surface area contributed by atoms with Crippen LogP contribution in [0, 0.1) is 6.92 Å². The number of hydrogen-bond donors (Lipinski definition) is 0. The van der Waals surface area contributed by atoms with Gasteiger partial charge in [-0.1, -0.05) is 84.4 Å². The number of carbonyl (C=O) groups is 3. The van der Waals surface area contributed by atoms with Crippen molar-refractivity contribution in [2.24, 2.45) is 0 Å². The molecule has 0 unspecified atom stereocenters. The van der Waals surface area contributed by atoms with Gasteiger partial charge in [-0.2, -0.15) is 0 Å². The number of rotatable bonds is 8. The van der Waals surface area contributed by atoms with Crippen LogP contribution in [-0.2, 0) is 12.8 Å². The molecule has 158 valence electrons. The van der Waals surface area contributed by atoms with Gasteiger partial charge in [-0.3, -0.25) is 14.4 Å². The van der Waals surface area contributed by atoms with Crippen LogP contribution in [0.5, 0.6) is 0 Å². The lowest BCUT2D eigenvalue weighted by Gasteiger charge is -2.06. The van der Waals surface area contributed by atoms with E-state index in [1.165, 1.54) is 11.3 Å². The van der Waals surface area contributed by atoms with Crippen LogP contribution >= 0.6 is 11.3 Å². The van der Waals surface area contributed by atoms with E-state index in [-0.39, 0.29) is 17.3 Å². The minimum atomic E-state index is -0.0856. The highest BCUT2D eigenvalue weighted by Gasteiger charge is 2.12. The van der Waals surface area contributed by atoms with E-state index in [0.29, 0.717) is 29.5 Å². The van der Waals surface area contributed by atoms with Crippen LogP contribution in [0.3, 0.4) is 0 Å². The molecule has 0 aliphatic carbocycles. The third-order valence-corrected chi connectivity index (χ3v) is 6.24. The summed E-state index contributed by atoms with van der Waals surface area (Å²) >= 11 is 1.43. The molecule has 0 aliphatic rings. The molecule has 0 saturated heterocycles. The van der Waals surface area contributed by atoms with Gasteiger partial charge < -0.3 is 0 Å². The Bertz CT molecular complexity index is 1230. The standard InChI is InChI=1S/C28H22O3S/c1-19-4-10-22(11-5-19)25(29)17-20-6-12-23(13-7-20)28(31)24-14-8-21(9-15-24)18-26(30)27-3-2-16-32-27/h2-16H,17-18H2,1H3. The van der Waals surface area contributed by atoms with Crippen molar-refractivity contribution >= 4 is 28.7 Å². The molecule has 0 fully saturated rings. The number of benzene rings is 3. The van der Waals surface area contributed by atoms with Crippen LogP contribution < -0.4 is 0 Å². The molecule has 4 aromatic rings. The van der Waals surface area contributed by atoms with Crippen molar-refractivity contribution in [3.63, 3.8) is 0 Å². The molecule has 0 radical (unpaired) electrons. The molecule has 4 rings (SSSR count). The predicted molar refractivity (Wildman–Crippen MR) is 128 cm³/mol. The fourth-order valence-corrected chi connectivity index (χ4v) is 4.12. The van der Waals surface area contributed by atoms with Gasteiger partial charge in [0.15, 0.2) is 17.3 Å². The van der Waals surface area contributed by atoms with Crippen molar-refractivity contribution in [2.75, 3.05) is 0 Å². The molecular weight excluding hydrogens is 416 g/mol. The maximum absolute atomic E-state index is 12.8. The van der Waals surface area contributed by atoms with Gasteiger partial charge in [-0.05, 0) is 29.5 Å². The van der Waals surface area contributed by atoms with E-state index in [1.54, 1.807) is 24.3 Å². The van der Waals surface area contributed by atoms with Gasteiger partial charge >= 0.3 is 0 Å². The average molecular weight is 439 g/mol. The van der Waals surface area contributed by atoms with Crippen LogP contribution in [0.2, 0.25) is 0 Å². The van der Waals surface area contributed by atoms with E-state index in [9.17, 15) is 14.4 Å². The molecule has 1 aromatic heterocycles. The Kier molecular flexibility index (Phi) is 6.52. The fourth-order valence-electron chi connectivity index (χ4n) is 3.45. The Balaban J connectivity index is 1.39. The minimum Gasteiger partial charge on any atom is -0.294 e. The molecule has 0 amide bonds. The highest BCUT2D eigenvalue weighted by Crippen LogP contribution is 2.17. The fraction of sp³-hybridized carbons (Fsp3) is 0.107. The van der Waals surface area contributed by atoms with Gasteiger partial charge in [0.1, 0.15) is 0 Å². The first kappa shape index (κ1) is 21.6. The first-order valence-corrected chi connectivity index (χ1v) is 11.3. The summed E-state index contributed by atoms with van der Waals surface area (Å²) in [5.74, 6) is 0.0455. The second-order valence-electron chi connectivity index (χ2n) is 7.77. The Labute approximate surface area is 191 Å². The summed E-state index contributed by atoms with van der Waals surface area (Å²) in [6.07, 6.45) is 0.614. The number of thiophene rings is 1. The lowest BCUT2D eigenvalue weighted by molar-refractivity contribution is 0.0986. The van der Waals surface area contributed by atoms with E-state index < -0.39 is 0 Å². The normalized spacial score (nSPS) is 10.7. The lowest BCUT2D eigenvalue weighted by atomic mass is 9.97. The maximum atomic E-state index is 12.8. The van der Waals surface area contributed by atoms with Crippen LogP contribution in [0.1, 0.15) is 52.6 Å². The van der Waals surface area contributed by atoms with Crippen molar-refractivity contribution in [1.82, 2.24) is 0 Å². The molecule has 0 aliphatic heterocycles. The molecule has 0 bridgehead atoms. The van der Waals surface area contributed by atoms with Crippen LogP contribution in [-0.4, -0.2) is 17.3 Å². The van der Waals surface area contributed by atoms with Gasteiger partial charge in [-0.25, -0.2) is 0 Å². The molecule has 4 heteroatoms. The van der Waals surface area contributed by atoms with Crippen molar-refractivity contribution in [3.8, 4) is 0 Å². The van der Waals surface area contributed by atoms with E-state index in [1.807, 2.05) is 73.0 Å². The molecule has 0 spiro atoms. The zero-order valence-electron chi connectivity index (χ0n) is 17.7. The van der Waals surface area contributed by atoms with E-state index in [4.69, 9.17) is 0 Å². The number of aryl methyl sites for hydroxylation is 1. The first-order chi connectivity index (χ1) is 15.5. The van der Waals surface area contributed by atoms with Gasteiger partial charge in [-0.15, -0.1) is 11.3 Å². The molecule has 1 heterocycles. The van der Waals surface area contributed by atoms with Crippen molar-refractivity contribution in [1.29, 1.82) is 0 Å². The topological polar surface area (TPSA) is 51.2 Å². The van der Waals surface area contributed by atoms with E-state index >= 15 is 0 Å². The highest BCUT2D eigenvalue weighted by molar-refractivity contribution is 7.12. The van der Waals surface area contributed by atoms with E-state index in [2.05, 4.69) is 0 Å². The van der Waals surface area contributed by atoms with Crippen molar-refractivity contribution < 1.29 is 14.4 Å². The number of Topliss-reactive ketones (excluding diaryl/α,β-unsaturated/α-hetero) is 2. The Hall–Kier alpha value is -3.63. The molecule has 0 N–H and O–H groups in total. The highest BCUT2D eigenvalue weighted by atomic mass is 32.1. The molecule has 0 saturated carbocycles. The van der Waals surface area contributed by atoms with Crippen LogP contribution in [0.25, 0.3) is 0 Å². The zero-order valence-corrected chi connectivity index (χ0v) is 18.5. The van der Waals surface area contributed by atoms with Gasteiger partial charge in [0.2, 0.25) is 0 Å². The van der Waals surface area contributed by atoms with E-state index in [0.717, 1.165) is 21.6 Å². The average Bonchev–Trinajstić information content (AvgIpc) is 3.35. The molecule has 3 aromatic carbocycles. The summed E-state index contributed by atoms with van der Waals surface area (Å²) < 4.78 is 0. The number of hydrogen-bond acceptors (Lipinski definition) is 4. The largest absolute Gasteiger partial charge is 0.294 e. The lowest BCUT2D eigenvalue weighted by Crippen LogP contribution is -2.05. The van der Waals surface area contributed by atoms with Gasteiger partial charge in [0, 0.05) is 29.5 Å². The quantitative estimate of drug-likeness (QED) is 0.311. The van der Waals surface area contributed by atoms with Crippen LogP contribution in [0.15, 0.2) is 90.3 Å².